The Balaban J connectivity index is 2.35. The molecule has 0 aliphatic rings. The van der Waals surface area contributed by atoms with Gasteiger partial charge in [-0.3, -0.25) is 4.98 Å². The summed E-state index contributed by atoms with van der Waals surface area (Å²) in [6.07, 6.45) is 3.56. The fourth-order valence-corrected chi connectivity index (χ4v) is 2.00. The highest BCUT2D eigenvalue weighted by Crippen LogP contribution is 2.28. The van der Waals surface area contributed by atoms with Gasteiger partial charge in [0.15, 0.2) is 0 Å². The quantitative estimate of drug-likeness (QED) is 0.689. The molecule has 2 aromatic heterocycles. The SMILES string of the molecule is Cn1c(N)nc2c(-c3ccncc3)cccc21. The normalized spacial score (nSPS) is 10.9. The number of aromatic nitrogens is 3. The summed E-state index contributed by atoms with van der Waals surface area (Å²) in [5.41, 5.74) is 9.99. The van der Waals surface area contributed by atoms with E-state index in [4.69, 9.17) is 5.73 Å². The highest BCUT2D eigenvalue weighted by Gasteiger charge is 2.09. The number of hydrogen-bond donors (Lipinski definition) is 1. The number of aryl methyl sites for hydroxylation is 1. The van der Waals surface area contributed by atoms with E-state index in [0.717, 1.165) is 22.2 Å². The molecule has 0 fully saturated rings. The number of fused-ring (bicyclic) bond motifs is 1. The first-order valence-corrected chi connectivity index (χ1v) is 5.38. The average molecular weight is 224 g/mol. The molecule has 84 valence electrons. The summed E-state index contributed by atoms with van der Waals surface area (Å²) in [5.74, 6) is 0.529. The lowest BCUT2D eigenvalue weighted by molar-refractivity contribution is 0.965. The molecule has 2 heterocycles. The Bertz CT molecular complexity index is 670. The summed E-state index contributed by atoms with van der Waals surface area (Å²) < 4.78 is 1.89. The van der Waals surface area contributed by atoms with Crippen molar-refractivity contribution in [3.63, 3.8) is 0 Å². The van der Waals surface area contributed by atoms with E-state index in [-0.39, 0.29) is 0 Å². The zero-order valence-corrected chi connectivity index (χ0v) is 9.46. The maximum atomic E-state index is 5.84. The van der Waals surface area contributed by atoms with Gasteiger partial charge in [0.05, 0.1) is 11.0 Å². The number of pyridine rings is 1. The van der Waals surface area contributed by atoms with E-state index in [1.54, 1.807) is 12.4 Å². The van der Waals surface area contributed by atoms with Gasteiger partial charge in [-0.2, -0.15) is 0 Å². The first-order valence-electron chi connectivity index (χ1n) is 5.38. The van der Waals surface area contributed by atoms with Gasteiger partial charge in [0.25, 0.3) is 0 Å². The second-order valence-corrected chi connectivity index (χ2v) is 3.94. The molecule has 0 aliphatic heterocycles. The van der Waals surface area contributed by atoms with Crippen LogP contribution in [0.2, 0.25) is 0 Å². The zero-order chi connectivity index (χ0) is 11.8. The van der Waals surface area contributed by atoms with Gasteiger partial charge < -0.3 is 10.3 Å². The Morgan fingerprint density at radius 3 is 2.65 bits per heavy atom. The van der Waals surface area contributed by atoms with Crippen molar-refractivity contribution >= 4 is 17.0 Å². The van der Waals surface area contributed by atoms with Crippen LogP contribution in [0.4, 0.5) is 5.95 Å². The summed E-state index contributed by atoms with van der Waals surface area (Å²) in [6.45, 7) is 0. The van der Waals surface area contributed by atoms with Crippen molar-refractivity contribution in [3.05, 3.63) is 42.7 Å². The second kappa shape index (κ2) is 3.59. The van der Waals surface area contributed by atoms with E-state index in [9.17, 15) is 0 Å². The molecule has 0 unspecified atom stereocenters. The smallest absolute Gasteiger partial charge is 0.200 e. The Morgan fingerprint density at radius 2 is 1.88 bits per heavy atom. The fraction of sp³-hybridized carbons (Fsp3) is 0.0769. The van der Waals surface area contributed by atoms with Crippen molar-refractivity contribution in [1.29, 1.82) is 0 Å². The molecule has 0 saturated carbocycles. The third-order valence-corrected chi connectivity index (χ3v) is 2.94. The van der Waals surface area contributed by atoms with Crippen molar-refractivity contribution in [3.8, 4) is 11.1 Å². The number of para-hydroxylation sites is 1. The third kappa shape index (κ3) is 1.45. The van der Waals surface area contributed by atoms with Gasteiger partial charge in [0.1, 0.15) is 0 Å². The van der Waals surface area contributed by atoms with E-state index in [2.05, 4.69) is 9.97 Å². The van der Waals surface area contributed by atoms with Gasteiger partial charge in [0, 0.05) is 25.0 Å². The lowest BCUT2D eigenvalue weighted by atomic mass is 10.1. The van der Waals surface area contributed by atoms with Crippen LogP contribution in [0.1, 0.15) is 0 Å². The summed E-state index contributed by atoms with van der Waals surface area (Å²) in [6, 6.07) is 10.0. The maximum Gasteiger partial charge on any atom is 0.200 e. The predicted octanol–water partition coefficient (Wildman–Crippen LogP) is 2.22. The number of benzene rings is 1. The predicted molar refractivity (Wildman–Crippen MR) is 68.4 cm³/mol. The lowest BCUT2D eigenvalue weighted by Crippen LogP contribution is -1.95. The number of nitrogens with zero attached hydrogens (tertiary/aromatic N) is 3. The first-order chi connectivity index (χ1) is 8.27. The largest absolute Gasteiger partial charge is 0.369 e. The van der Waals surface area contributed by atoms with Gasteiger partial charge >= 0.3 is 0 Å². The van der Waals surface area contributed by atoms with E-state index in [1.165, 1.54) is 0 Å². The van der Waals surface area contributed by atoms with Gasteiger partial charge in [-0.1, -0.05) is 12.1 Å². The van der Waals surface area contributed by atoms with Gasteiger partial charge in [-0.15, -0.1) is 0 Å². The van der Waals surface area contributed by atoms with E-state index in [0.29, 0.717) is 5.95 Å². The first kappa shape index (κ1) is 9.84. The molecular formula is C13H12N4. The van der Waals surface area contributed by atoms with Crippen LogP contribution in [0, 0.1) is 0 Å². The molecule has 3 aromatic rings. The Morgan fingerprint density at radius 1 is 1.12 bits per heavy atom. The molecule has 2 N–H and O–H groups in total. The van der Waals surface area contributed by atoms with Crippen LogP contribution in [-0.2, 0) is 7.05 Å². The molecule has 4 nitrogen and oxygen atoms in total. The molecule has 0 amide bonds. The van der Waals surface area contributed by atoms with Crippen molar-refractivity contribution < 1.29 is 0 Å². The van der Waals surface area contributed by atoms with E-state index >= 15 is 0 Å². The minimum absolute atomic E-state index is 0.529. The molecule has 0 saturated heterocycles. The summed E-state index contributed by atoms with van der Waals surface area (Å²) in [7, 11) is 1.92. The third-order valence-electron chi connectivity index (χ3n) is 2.94. The molecule has 0 atom stereocenters. The second-order valence-electron chi connectivity index (χ2n) is 3.94. The van der Waals surface area contributed by atoms with Gasteiger partial charge in [0.2, 0.25) is 5.95 Å². The fourth-order valence-electron chi connectivity index (χ4n) is 2.00. The summed E-state index contributed by atoms with van der Waals surface area (Å²) >= 11 is 0. The maximum absolute atomic E-state index is 5.84. The standard InChI is InChI=1S/C13H12N4/c1-17-11-4-2-3-10(12(11)16-13(17)14)9-5-7-15-8-6-9/h2-8H,1H3,(H2,14,16). The molecule has 17 heavy (non-hydrogen) atoms. The average Bonchev–Trinajstić information content (AvgIpc) is 2.67. The van der Waals surface area contributed by atoms with Crippen LogP contribution < -0.4 is 5.73 Å². The molecular weight excluding hydrogens is 212 g/mol. The van der Waals surface area contributed by atoms with Crippen molar-refractivity contribution in [2.75, 3.05) is 5.73 Å². The van der Waals surface area contributed by atoms with Crippen molar-refractivity contribution in [2.24, 2.45) is 7.05 Å². The van der Waals surface area contributed by atoms with Crippen LogP contribution in [-0.4, -0.2) is 14.5 Å². The van der Waals surface area contributed by atoms with Crippen molar-refractivity contribution in [1.82, 2.24) is 14.5 Å². The molecule has 0 radical (unpaired) electrons. The lowest BCUT2D eigenvalue weighted by Gasteiger charge is -2.02. The molecule has 0 aliphatic carbocycles. The zero-order valence-electron chi connectivity index (χ0n) is 9.46. The Labute approximate surface area is 98.7 Å². The van der Waals surface area contributed by atoms with Crippen LogP contribution in [0.3, 0.4) is 0 Å². The minimum atomic E-state index is 0.529. The summed E-state index contributed by atoms with van der Waals surface area (Å²) in [5, 5.41) is 0. The topological polar surface area (TPSA) is 56.7 Å². The number of nitrogen functional groups attached to an aromatic ring is 1. The molecule has 0 spiro atoms. The Kier molecular flexibility index (Phi) is 2.08. The number of nitrogens with two attached hydrogens (primary N) is 1. The molecule has 3 rings (SSSR count). The molecule has 0 bridgehead atoms. The molecule has 4 heteroatoms. The van der Waals surface area contributed by atoms with Gasteiger partial charge in [-0.25, -0.2) is 4.98 Å². The van der Waals surface area contributed by atoms with Crippen LogP contribution >= 0.6 is 0 Å². The van der Waals surface area contributed by atoms with Crippen LogP contribution in [0.25, 0.3) is 22.2 Å². The highest BCUT2D eigenvalue weighted by atomic mass is 15.1. The number of hydrogen-bond acceptors (Lipinski definition) is 3. The minimum Gasteiger partial charge on any atom is -0.369 e. The number of anilines is 1. The number of imidazole rings is 1. The van der Waals surface area contributed by atoms with E-state index in [1.807, 2.05) is 41.9 Å². The molecule has 1 aromatic carbocycles. The Hall–Kier alpha value is -2.36. The number of rotatable bonds is 1. The summed E-state index contributed by atoms with van der Waals surface area (Å²) in [4.78, 5) is 8.43. The monoisotopic (exact) mass is 224 g/mol. The van der Waals surface area contributed by atoms with Crippen molar-refractivity contribution in [2.45, 2.75) is 0 Å². The van der Waals surface area contributed by atoms with Crippen LogP contribution in [0.15, 0.2) is 42.7 Å². The van der Waals surface area contributed by atoms with Gasteiger partial charge in [-0.05, 0) is 23.8 Å². The van der Waals surface area contributed by atoms with E-state index < -0.39 is 0 Å². The van der Waals surface area contributed by atoms with Crippen LogP contribution in [0.5, 0.6) is 0 Å². The highest BCUT2D eigenvalue weighted by molar-refractivity contribution is 5.93.